The Labute approximate surface area is 90.0 Å². The molecule has 0 rings (SSSR count). The summed E-state index contributed by atoms with van der Waals surface area (Å²) in [5.74, 6) is 0. The Balaban J connectivity index is -0.0000000315. The first-order chi connectivity index (χ1) is 4.41. The number of hydrogen-bond donors (Lipinski definition) is 0. The van der Waals surface area contributed by atoms with E-state index < -0.39 is 0 Å². The van der Waals surface area contributed by atoms with Gasteiger partial charge in [0.1, 0.15) is 0 Å². The van der Waals surface area contributed by atoms with Crippen LogP contribution in [-0.4, -0.2) is 38.3 Å². The van der Waals surface area contributed by atoms with Crippen molar-refractivity contribution in [3.05, 3.63) is 13.8 Å². The molecule has 0 aromatic carbocycles. The van der Waals surface area contributed by atoms with E-state index in [9.17, 15) is 0 Å². The van der Waals surface area contributed by atoms with Crippen molar-refractivity contribution in [2.45, 2.75) is 38.3 Å². The first-order valence-electron chi connectivity index (χ1n) is 3.64. The summed E-state index contributed by atoms with van der Waals surface area (Å²) in [6.07, 6.45) is 0. The van der Waals surface area contributed by atoms with Crippen LogP contribution in [0.5, 0.6) is 0 Å². The quantitative estimate of drug-likeness (QED) is 0.438. The fourth-order valence-corrected chi connectivity index (χ4v) is 0.866. The second-order valence-electron chi connectivity index (χ2n) is 1.11. The molecule has 0 aromatic heterocycles. The maximum absolute atomic E-state index is 3.25. The van der Waals surface area contributed by atoms with E-state index in [0.29, 0.717) is 0 Å². The average molecular weight is 168 g/mol. The molecular formula is C8H20AlMg. The first-order valence-corrected chi connectivity index (χ1v) is 5.28. The molecule has 1 radical (unpaired) electrons. The van der Waals surface area contributed by atoms with Crippen molar-refractivity contribution in [3.63, 3.8) is 0 Å². The molecule has 0 aliphatic carbocycles. The molecule has 0 nitrogen and oxygen atoms in total. The van der Waals surface area contributed by atoms with Gasteiger partial charge in [0.15, 0.2) is 15.2 Å². The molecule has 0 fully saturated rings. The van der Waals surface area contributed by atoms with E-state index in [-0.39, 0.29) is 23.1 Å². The van der Waals surface area contributed by atoms with Crippen LogP contribution in [0, 0.1) is 13.8 Å². The Morgan fingerprint density at radius 2 is 1.10 bits per heavy atom. The Morgan fingerprint density at radius 1 is 0.900 bits per heavy atom. The van der Waals surface area contributed by atoms with E-state index in [2.05, 4.69) is 27.7 Å². The molecule has 10 heavy (non-hydrogen) atoms. The summed E-state index contributed by atoms with van der Waals surface area (Å²) in [6, 6.07) is 0. The predicted molar refractivity (Wildman–Crippen MR) is 54.5 cm³/mol. The molecule has 57 valence electrons. The fourth-order valence-electron chi connectivity index (χ4n) is 0.289. The molecular weight excluding hydrogens is 147 g/mol. The van der Waals surface area contributed by atoms with Crippen LogP contribution in [0.3, 0.4) is 0 Å². The van der Waals surface area contributed by atoms with Crippen LogP contribution in [0.1, 0.15) is 27.7 Å². The maximum atomic E-state index is 3.25. The third kappa shape index (κ3) is 58.9. The molecule has 0 spiro atoms. The maximum Gasteiger partial charge on any atom is 2.00 e. The summed E-state index contributed by atoms with van der Waals surface area (Å²) in [6.45, 7) is 14.5. The van der Waals surface area contributed by atoms with Crippen LogP contribution >= 0.6 is 0 Å². The summed E-state index contributed by atoms with van der Waals surface area (Å²) in [5.41, 5.74) is 0. The van der Waals surface area contributed by atoms with Crippen molar-refractivity contribution in [1.29, 1.82) is 0 Å². The fraction of sp³-hybridized carbons (Fsp3) is 0.750. The van der Waals surface area contributed by atoms with Gasteiger partial charge in [-0.05, 0) is 0 Å². The van der Waals surface area contributed by atoms with Gasteiger partial charge >= 0.3 is 23.1 Å². The van der Waals surface area contributed by atoms with Crippen molar-refractivity contribution >= 4 is 38.3 Å². The van der Waals surface area contributed by atoms with Crippen LogP contribution in [-0.2, 0) is 0 Å². The van der Waals surface area contributed by atoms with Gasteiger partial charge in [0.2, 0.25) is 0 Å². The Morgan fingerprint density at radius 3 is 1.10 bits per heavy atom. The Kier molecular flexibility index (Phi) is 108. The third-order valence-corrected chi connectivity index (χ3v) is 1.73. The second-order valence-corrected chi connectivity index (χ2v) is 3.32. The third-order valence-electron chi connectivity index (χ3n) is 0.577. The number of hydrogen-bond acceptors (Lipinski definition) is 0. The molecule has 0 saturated heterocycles. The molecule has 0 N–H and O–H groups in total. The topological polar surface area (TPSA) is 0 Å². The minimum absolute atomic E-state index is 0. The van der Waals surface area contributed by atoms with E-state index in [1.165, 1.54) is 10.6 Å². The second kappa shape index (κ2) is 48.2. The normalized spacial score (nSPS) is 5.00. The summed E-state index contributed by atoms with van der Waals surface area (Å²) in [5, 5.41) is 2.85. The molecule has 0 bridgehead atoms. The molecule has 0 aliphatic heterocycles. The van der Waals surface area contributed by atoms with Gasteiger partial charge in [-0.3, -0.25) is 0 Å². The summed E-state index contributed by atoms with van der Waals surface area (Å²) in [7, 11) is 0. The van der Waals surface area contributed by atoms with Crippen LogP contribution < -0.4 is 0 Å². The van der Waals surface area contributed by atoms with E-state index >= 15 is 0 Å². The van der Waals surface area contributed by atoms with Crippen LogP contribution in [0.15, 0.2) is 0 Å². The SMILES string of the molecule is C[CH2][Al][CH2]C.[CH2-]C.[CH2-]C.[Mg+2]. The van der Waals surface area contributed by atoms with E-state index in [1.807, 2.05) is 0 Å². The smallest absolute Gasteiger partial charge is 0.346 e. The minimum Gasteiger partial charge on any atom is -0.346 e. The molecule has 0 atom stereocenters. The van der Waals surface area contributed by atoms with Gasteiger partial charge in [-0.15, -0.1) is 10.6 Å². The molecule has 0 unspecified atom stereocenters. The van der Waals surface area contributed by atoms with Crippen molar-refractivity contribution in [2.24, 2.45) is 0 Å². The van der Waals surface area contributed by atoms with Gasteiger partial charge in [-0.1, -0.05) is 13.8 Å². The zero-order chi connectivity index (χ0) is 8.12. The minimum atomic E-state index is 0. The summed E-state index contributed by atoms with van der Waals surface area (Å²) < 4.78 is 0. The van der Waals surface area contributed by atoms with Gasteiger partial charge in [0.05, 0.1) is 0 Å². The van der Waals surface area contributed by atoms with Gasteiger partial charge in [0, 0.05) is 0 Å². The number of rotatable bonds is 2. The van der Waals surface area contributed by atoms with Crippen LogP contribution in [0.2, 0.25) is 10.6 Å². The van der Waals surface area contributed by atoms with Gasteiger partial charge < -0.3 is 13.8 Å². The van der Waals surface area contributed by atoms with Crippen molar-refractivity contribution in [2.75, 3.05) is 0 Å². The van der Waals surface area contributed by atoms with Crippen LogP contribution in [0.4, 0.5) is 0 Å². The standard InChI is InChI=1S/4C2H5.Al.Mg/c4*1-2;;/h4*1H2,2H3;;/q;;2*-1;;+2. The van der Waals surface area contributed by atoms with Crippen molar-refractivity contribution < 1.29 is 0 Å². The molecule has 2 heteroatoms. The zero-order valence-corrected chi connectivity index (χ0v) is 10.7. The zero-order valence-electron chi connectivity index (χ0n) is 8.11. The van der Waals surface area contributed by atoms with E-state index in [4.69, 9.17) is 0 Å². The average Bonchev–Trinajstić information content (AvgIpc) is 1.98. The van der Waals surface area contributed by atoms with Gasteiger partial charge in [-0.2, -0.15) is 13.8 Å². The summed E-state index contributed by atoms with van der Waals surface area (Å²) in [4.78, 5) is 0. The summed E-state index contributed by atoms with van der Waals surface area (Å²) >= 11 is 0.815. The Hall–Kier alpha value is 1.30. The van der Waals surface area contributed by atoms with E-state index in [0.717, 1.165) is 15.2 Å². The molecule has 0 aromatic rings. The molecule has 0 saturated carbocycles. The molecule has 0 aliphatic rings. The van der Waals surface area contributed by atoms with Crippen molar-refractivity contribution in [3.8, 4) is 0 Å². The molecule has 0 heterocycles. The van der Waals surface area contributed by atoms with Crippen molar-refractivity contribution in [1.82, 2.24) is 0 Å². The van der Waals surface area contributed by atoms with Crippen LogP contribution in [0.25, 0.3) is 0 Å². The first kappa shape index (κ1) is 22.5. The van der Waals surface area contributed by atoms with Gasteiger partial charge in [0.25, 0.3) is 0 Å². The Bertz CT molecular complexity index is 16.7. The van der Waals surface area contributed by atoms with Gasteiger partial charge in [-0.25, -0.2) is 0 Å². The largest absolute Gasteiger partial charge is 2.00 e. The predicted octanol–water partition coefficient (Wildman–Crippen LogP) is 2.87. The van der Waals surface area contributed by atoms with E-state index in [1.54, 1.807) is 13.8 Å². The molecule has 0 amide bonds. The monoisotopic (exact) mass is 167 g/mol.